The third-order valence-electron chi connectivity index (χ3n) is 4.37. The number of fused-ring (bicyclic) bond motifs is 1. The van der Waals surface area contributed by atoms with E-state index in [4.69, 9.17) is 4.74 Å². The van der Waals surface area contributed by atoms with E-state index < -0.39 is 0 Å². The highest BCUT2D eigenvalue weighted by Gasteiger charge is 2.35. The largest absolute Gasteiger partial charge is 0.490 e. The van der Waals surface area contributed by atoms with Crippen LogP contribution in [0, 0.1) is 0 Å². The molecule has 1 N–H and O–H groups in total. The smallest absolute Gasteiger partial charge is 0.226 e. The van der Waals surface area contributed by atoms with Crippen molar-refractivity contribution >= 4 is 11.7 Å². The zero-order valence-electron chi connectivity index (χ0n) is 13.2. The van der Waals surface area contributed by atoms with Gasteiger partial charge in [-0.1, -0.05) is 24.8 Å². The van der Waals surface area contributed by atoms with Crippen molar-refractivity contribution in [3.05, 3.63) is 60.1 Å². The van der Waals surface area contributed by atoms with Gasteiger partial charge in [-0.3, -0.25) is 4.79 Å². The van der Waals surface area contributed by atoms with E-state index in [-0.39, 0.29) is 11.8 Å². The molecule has 122 valence electrons. The maximum absolute atomic E-state index is 12.6. The first kappa shape index (κ1) is 14.7. The molecule has 0 bridgehead atoms. The second kappa shape index (κ2) is 5.96. The summed E-state index contributed by atoms with van der Waals surface area (Å²) in [4.78, 5) is 16.8. The van der Waals surface area contributed by atoms with Gasteiger partial charge in [0.25, 0.3) is 0 Å². The molecule has 1 unspecified atom stereocenters. The summed E-state index contributed by atoms with van der Waals surface area (Å²) in [6.45, 7) is 4.11. The van der Waals surface area contributed by atoms with Gasteiger partial charge in [0.05, 0.1) is 0 Å². The van der Waals surface area contributed by atoms with Gasteiger partial charge in [0.1, 0.15) is 24.7 Å². The Balaban J connectivity index is 1.75. The number of anilines is 1. The van der Waals surface area contributed by atoms with Gasteiger partial charge < -0.3 is 10.1 Å². The van der Waals surface area contributed by atoms with Gasteiger partial charge in [0.2, 0.25) is 5.95 Å². The number of aromatic nitrogens is 3. The Kier molecular flexibility index (Phi) is 3.65. The normalized spacial score (nSPS) is 19.3. The molecule has 2 aliphatic rings. The van der Waals surface area contributed by atoms with Crippen LogP contribution in [0.15, 0.2) is 54.5 Å². The number of Topliss-reactive ketones (excluding diaryl/α,β-unsaturated/α-hetero) is 1. The van der Waals surface area contributed by atoms with Crippen LogP contribution in [0.5, 0.6) is 5.75 Å². The number of rotatable bonds is 4. The Morgan fingerprint density at radius 3 is 2.96 bits per heavy atom. The quantitative estimate of drug-likeness (QED) is 0.877. The lowest BCUT2D eigenvalue weighted by molar-refractivity contribution is -0.116. The third kappa shape index (κ3) is 2.40. The van der Waals surface area contributed by atoms with Crippen LogP contribution in [-0.4, -0.2) is 27.2 Å². The third-order valence-corrected chi connectivity index (χ3v) is 4.37. The number of ether oxygens (including phenoxy) is 1. The van der Waals surface area contributed by atoms with Crippen LogP contribution in [0.25, 0.3) is 0 Å². The van der Waals surface area contributed by atoms with Gasteiger partial charge in [-0.15, -0.1) is 0 Å². The zero-order valence-corrected chi connectivity index (χ0v) is 13.2. The highest BCUT2D eigenvalue weighted by molar-refractivity contribution is 5.99. The molecular formula is C18H18N4O2. The van der Waals surface area contributed by atoms with Crippen molar-refractivity contribution in [3.8, 4) is 5.75 Å². The lowest BCUT2D eigenvalue weighted by atomic mass is 9.85. The number of carbonyl (C=O) groups excluding carboxylic acids is 1. The van der Waals surface area contributed by atoms with E-state index in [1.54, 1.807) is 10.8 Å². The molecule has 0 fully saturated rings. The summed E-state index contributed by atoms with van der Waals surface area (Å²) in [6.07, 6.45) is 5.55. The van der Waals surface area contributed by atoms with E-state index in [1.165, 1.54) is 6.33 Å². The first-order valence-electron chi connectivity index (χ1n) is 8.04. The second-order valence-corrected chi connectivity index (χ2v) is 5.89. The zero-order chi connectivity index (χ0) is 16.5. The van der Waals surface area contributed by atoms with Gasteiger partial charge in [-0.05, 0) is 30.5 Å². The van der Waals surface area contributed by atoms with Crippen LogP contribution in [-0.2, 0) is 4.79 Å². The average molecular weight is 322 g/mol. The fourth-order valence-electron chi connectivity index (χ4n) is 3.31. The number of hydrogen-bond acceptors (Lipinski definition) is 5. The minimum absolute atomic E-state index is 0.182. The molecule has 0 radical (unpaired) electrons. The Morgan fingerprint density at radius 2 is 2.17 bits per heavy atom. The molecule has 1 atom stereocenters. The summed E-state index contributed by atoms with van der Waals surface area (Å²) in [5, 5.41) is 7.58. The predicted octanol–water partition coefficient (Wildman–Crippen LogP) is 2.86. The fraction of sp³-hybridized carbons (Fsp3) is 0.278. The van der Waals surface area contributed by atoms with E-state index in [9.17, 15) is 4.79 Å². The van der Waals surface area contributed by atoms with E-state index in [1.807, 2.05) is 24.3 Å². The number of ketones is 1. The molecular weight excluding hydrogens is 304 g/mol. The summed E-state index contributed by atoms with van der Waals surface area (Å²) in [5.74, 6) is 1.64. The monoisotopic (exact) mass is 322 g/mol. The summed E-state index contributed by atoms with van der Waals surface area (Å²) in [6, 6.07) is 7.54. The van der Waals surface area contributed by atoms with Crippen LogP contribution < -0.4 is 10.1 Å². The Morgan fingerprint density at radius 1 is 1.33 bits per heavy atom. The molecule has 24 heavy (non-hydrogen) atoms. The van der Waals surface area contributed by atoms with Crippen molar-refractivity contribution in [1.82, 2.24) is 14.8 Å². The number of allylic oxidation sites excluding steroid dienone is 2. The highest BCUT2D eigenvalue weighted by Crippen LogP contribution is 2.39. The number of benzene rings is 1. The molecule has 1 aromatic heterocycles. The molecule has 2 aromatic rings. The lowest BCUT2D eigenvalue weighted by Gasteiger charge is -2.32. The summed E-state index contributed by atoms with van der Waals surface area (Å²) >= 11 is 0. The fourth-order valence-corrected chi connectivity index (χ4v) is 3.31. The molecule has 1 aliphatic carbocycles. The van der Waals surface area contributed by atoms with Crippen LogP contribution in [0.2, 0.25) is 0 Å². The number of hydrogen-bond donors (Lipinski definition) is 1. The van der Waals surface area contributed by atoms with Gasteiger partial charge in [0, 0.05) is 17.7 Å². The van der Waals surface area contributed by atoms with Gasteiger partial charge in [-0.25, -0.2) is 4.68 Å². The van der Waals surface area contributed by atoms with Crippen LogP contribution in [0.1, 0.15) is 30.9 Å². The summed E-state index contributed by atoms with van der Waals surface area (Å²) in [5.41, 5.74) is 2.78. The standard InChI is InChI=1S/C18H18N4O2/c1-2-10-24-13-8-6-12(7-9-13)17-16-14(4-3-5-15(16)23)21-18-19-11-20-22(17)18/h2,6-9,11,17H,1,3-5,10H2,(H,19,20,21). The Bertz CT molecular complexity index is 820. The minimum Gasteiger partial charge on any atom is -0.490 e. The van der Waals surface area contributed by atoms with Crippen LogP contribution >= 0.6 is 0 Å². The maximum atomic E-state index is 12.6. The summed E-state index contributed by atoms with van der Waals surface area (Å²) in [7, 11) is 0. The first-order chi connectivity index (χ1) is 11.8. The molecule has 1 aromatic carbocycles. The van der Waals surface area contributed by atoms with E-state index in [0.29, 0.717) is 19.0 Å². The van der Waals surface area contributed by atoms with Gasteiger partial charge in [-0.2, -0.15) is 10.1 Å². The van der Waals surface area contributed by atoms with Crippen molar-refractivity contribution < 1.29 is 9.53 Å². The van der Waals surface area contributed by atoms with Crippen molar-refractivity contribution in [2.75, 3.05) is 11.9 Å². The SMILES string of the molecule is C=CCOc1ccc(C2C3=C(CCCC3=O)Nc3ncnn32)cc1. The Hall–Kier alpha value is -2.89. The number of nitrogens with one attached hydrogen (secondary N) is 1. The molecule has 2 heterocycles. The minimum atomic E-state index is -0.236. The topological polar surface area (TPSA) is 69.0 Å². The molecule has 0 saturated heterocycles. The van der Waals surface area contributed by atoms with E-state index in [0.717, 1.165) is 35.4 Å². The molecule has 4 rings (SSSR count). The van der Waals surface area contributed by atoms with Crippen molar-refractivity contribution in [3.63, 3.8) is 0 Å². The molecule has 6 heteroatoms. The van der Waals surface area contributed by atoms with Crippen LogP contribution in [0.3, 0.4) is 0 Å². The average Bonchev–Trinajstić information content (AvgIpc) is 3.07. The van der Waals surface area contributed by atoms with Crippen molar-refractivity contribution in [2.24, 2.45) is 0 Å². The highest BCUT2D eigenvalue weighted by atomic mass is 16.5. The van der Waals surface area contributed by atoms with E-state index in [2.05, 4.69) is 22.0 Å². The molecule has 6 nitrogen and oxygen atoms in total. The second-order valence-electron chi connectivity index (χ2n) is 5.89. The molecule has 1 aliphatic heterocycles. The maximum Gasteiger partial charge on any atom is 0.226 e. The van der Waals surface area contributed by atoms with Gasteiger partial charge in [0.15, 0.2) is 5.78 Å². The van der Waals surface area contributed by atoms with Crippen LogP contribution in [0.4, 0.5) is 5.95 Å². The lowest BCUT2D eigenvalue weighted by Crippen LogP contribution is -2.31. The van der Waals surface area contributed by atoms with Crippen molar-refractivity contribution in [1.29, 1.82) is 0 Å². The molecule has 0 amide bonds. The number of carbonyl (C=O) groups is 1. The first-order valence-corrected chi connectivity index (χ1v) is 8.04. The number of nitrogens with zero attached hydrogens (tertiary/aromatic N) is 3. The predicted molar refractivity (Wildman–Crippen MR) is 89.8 cm³/mol. The molecule has 0 saturated carbocycles. The van der Waals surface area contributed by atoms with Gasteiger partial charge >= 0.3 is 0 Å². The van der Waals surface area contributed by atoms with E-state index >= 15 is 0 Å². The molecule has 0 spiro atoms. The summed E-state index contributed by atoms with van der Waals surface area (Å²) < 4.78 is 7.32. The Labute approximate surface area is 139 Å². The van der Waals surface area contributed by atoms with Crippen molar-refractivity contribution in [2.45, 2.75) is 25.3 Å².